The Morgan fingerprint density at radius 1 is 0.875 bits per heavy atom. The van der Waals surface area contributed by atoms with Crippen molar-refractivity contribution in [3.05, 3.63) is 83.0 Å². The van der Waals surface area contributed by atoms with Crippen LogP contribution in [0.15, 0.2) is 48.6 Å². The van der Waals surface area contributed by atoms with Crippen LogP contribution in [0.1, 0.15) is 70.2 Å². The number of fused-ring (bicyclic) bond motifs is 3. The van der Waals surface area contributed by atoms with Gasteiger partial charge in [0.1, 0.15) is 0 Å². The van der Waals surface area contributed by atoms with Crippen LogP contribution in [0.25, 0.3) is 11.1 Å². The molecule has 0 nitrogen and oxygen atoms in total. The van der Waals surface area contributed by atoms with E-state index in [2.05, 4.69) is 104 Å². The molecule has 4 rings (SSSR count). The molecule has 32 heavy (non-hydrogen) atoms. The molecule has 0 fully saturated rings. The van der Waals surface area contributed by atoms with Crippen LogP contribution < -0.4 is 24.8 Å². The van der Waals surface area contributed by atoms with Gasteiger partial charge in [-0.25, -0.2) is 12.2 Å². The van der Waals surface area contributed by atoms with Crippen molar-refractivity contribution < 1.29 is 48.1 Å². The van der Waals surface area contributed by atoms with Crippen molar-refractivity contribution >= 4 is 5.43 Å². The maximum atomic E-state index is 3.45. The second kappa shape index (κ2) is 13.5. The Morgan fingerprint density at radius 3 is 1.91 bits per heavy atom. The number of benzene rings is 2. The summed E-state index contributed by atoms with van der Waals surface area (Å²) in [6.07, 6.45) is 11.0. The molecule has 0 N–H and O–H groups in total. The summed E-state index contributed by atoms with van der Waals surface area (Å²) in [7, 11) is 0. The molecule has 2 aliphatic carbocycles. The SMILES string of the molecule is CC(C)(C)[Si](=[Zr+2])C(C)(C)C.Cc1[c-]c2c(cc1)-c1ccc(C)cc1C2.[C-]1=CC=CC1.[Cl-].[Cl-]. The van der Waals surface area contributed by atoms with E-state index in [1.54, 1.807) is 23.3 Å². The molecular formula is C28H36Cl2SiZr-2. The van der Waals surface area contributed by atoms with Gasteiger partial charge in [-0.2, -0.15) is 29.8 Å². The average Bonchev–Trinajstić information content (AvgIpc) is 3.30. The molecule has 172 valence electrons. The van der Waals surface area contributed by atoms with Crippen molar-refractivity contribution in [3.8, 4) is 11.1 Å². The van der Waals surface area contributed by atoms with E-state index < -0.39 is 0 Å². The van der Waals surface area contributed by atoms with Crippen molar-refractivity contribution in [2.24, 2.45) is 0 Å². The molecule has 2 aromatic carbocycles. The summed E-state index contributed by atoms with van der Waals surface area (Å²) in [5.41, 5.74) is 8.02. The first-order valence-electron chi connectivity index (χ1n) is 10.8. The van der Waals surface area contributed by atoms with E-state index in [4.69, 9.17) is 0 Å². The number of hydrogen-bond acceptors (Lipinski definition) is 0. The quantitative estimate of drug-likeness (QED) is 0.291. The third-order valence-corrected chi connectivity index (χ3v) is 19.2. The first-order chi connectivity index (χ1) is 13.9. The number of hydrogen-bond donors (Lipinski definition) is 0. The van der Waals surface area contributed by atoms with Crippen LogP contribution in [-0.4, -0.2) is 5.43 Å². The second-order valence-electron chi connectivity index (χ2n) is 10.2. The van der Waals surface area contributed by atoms with Gasteiger partial charge in [0.05, 0.1) is 0 Å². The van der Waals surface area contributed by atoms with Crippen LogP contribution in [-0.2, 0) is 29.8 Å². The first kappa shape index (κ1) is 31.6. The number of rotatable bonds is 0. The maximum Gasteiger partial charge on any atom is -0.0253 e. The zero-order valence-electron chi connectivity index (χ0n) is 20.8. The standard InChI is InChI=1S/C15H13.C8H18Si.C5H5.2ClH.Zr/c1-10-3-5-14-12(7-10)9-13-8-11(2)4-6-15(13)14;1-7(2,3)9-8(4,5)6;1-2-4-5-3-1;;;/h3-7H,9H2,1-2H3;1-6H3;1-3H,4H2;2*1H;/q-1;;-1;;;+2/p-2. The van der Waals surface area contributed by atoms with E-state index in [0.29, 0.717) is 10.1 Å². The van der Waals surface area contributed by atoms with Crippen LogP contribution in [0, 0.1) is 26.0 Å². The Hall–Kier alpha value is -0.400. The van der Waals surface area contributed by atoms with Gasteiger partial charge in [0.2, 0.25) is 0 Å². The van der Waals surface area contributed by atoms with Gasteiger partial charge in [0, 0.05) is 0 Å². The molecule has 0 bridgehead atoms. The zero-order chi connectivity index (χ0) is 22.5. The predicted octanol–water partition coefficient (Wildman–Crippen LogP) is 2.11. The van der Waals surface area contributed by atoms with Gasteiger partial charge < -0.3 is 24.8 Å². The van der Waals surface area contributed by atoms with Crippen LogP contribution in [0.2, 0.25) is 10.1 Å². The maximum absolute atomic E-state index is 3.45. The molecule has 0 spiro atoms. The van der Waals surface area contributed by atoms with Crippen molar-refractivity contribution in [3.63, 3.8) is 0 Å². The molecule has 0 aliphatic heterocycles. The summed E-state index contributed by atoms with van der Waals surface area (Å²) in [5, 5.41) is 1.17. The van der Waals surface area contributed by atoms with Gasteiger partial charge in [0.25, 0.3) is 0 Å². The van der Waals surface area contributed by atoms with E-state index in [1.807, 2.05) is 12.2 Å². The van der Waals surface area contributed by atoms with E-state index >= 15 is 0 Å². The predicted molar refractivity (Wildman–Crippen MR) is 130 cm³/mol. The largest absolute Gasteiger partial charge is 1.00 e. The Labute approximate surface area is 224 Å². The molecule has 0 unspecified atom stereocenters. The Bertz CT molecular complexity index is 885. The van der Waals surface area contributed by atoms with Crippen LogP contribution in [0.4, 0.5) is 0 Å². The fraction of sp³-hybridized carbons (Fsp3) is 0.429. The smallest absolute Gasteiger partial charge is 0.0253 e. The van der Waals surface area contributed by atoms with E-state index in [1.165, 1.54) is 33.4 Å². The van der Waals surface area contributed by atoms with Crippen molar-refractivity contribution in [2.75, 3.05) is 0 Å². The third kappa shape index (κ3) is 9.46. The molecule has 0 radical (unpaired) electrons. The summed E-state index contributed by atoms with van der Waals surface area (Å²) >= 11 is 1.77. The van der Waals surface area contributed by atoms with Gasteiger partial charge in [-0.1, -0.05) is 36.2 Å². The summed E-state index contributed by atoms with van der Waals surface area (Å²) < 4.78 is 0. The van der Waals surface area contributed by atoms with Gasteiger partial charge in [0.15, 0.2) is 0 Å². The third-order valence-electron chi connectivity index (χ3n) is 5.18. The van der Waals surface area contributed by atoms with Gasteiger partial charge in [-0.15, -0.1) is 17.5 Å². The van der Waals surface area contributed by atoms with Gasteiger partial charge in [-0.05, 0) is 18.9 Å². The minimum atomic E-state index is -0.131. The van der Waals surface area contributed by atoms with Crippen LogP contribution in [0.5, 0.6) is 0 Å². The van der Waals surface area contributed by atoms with Crippen LogP contribution >= 0.6 is 0 Å². The van der Waals surface area contributed by atoms with Gasteiger partial charge in [-0.3, -0.25) is 6.08 Å². The van der Waals surface area contributed by atoms with E-state index in [9.17, 15) is 0 Å². The second-order valence-corrected chi connectivity index (χ2v) is 17.7. The topological polar surface area (TPSA) is 0 Å². The minimum Gasteiger partial charge on any atom is -1.00 e. The molecule has 0 atom stereocenters. The minimum absolute atomic E-state index is 0. The molecule has 2 aliphatic rings. The molecule has 4 heteroatoms. The Balaban J connectivity index is 0.000000494. The molecular weight excluding hydrogens is 527 g/mol. The van der Waals surface area contributed by atoms with Crippen molar-refractivity contribution in [2.45, 2.75) is 78.3 Å². The van der Waals surface area contributed by atoms with Gasteiger partial charge >= 0.3 is 80.4 Å². The molecule has 0 heterocycles. The monoisotopic (exact) mass is 560 g/mol. The first-order valence-corrected chi connectivity index (χ1v) is 16.0. The van der Waals surface area contributed by atoms with Crippen molar-refractivity contribution in [1.82, 2.24) is 0 Å². The summed E-state index contributed by atoms with van der Waals surface area (Å²) in [5.74, 6) is 0. The normalized spacial score (nSPS) is 12.8. The number of aryl methyl sites for hydroxylation is 2. The summed E-state index contributed by atoms with van der Waals surface area (Å²) in [6, 6.07) is 14.5. The van der Waals surface area contributed by atoms with E-state index in [0.717, 1.165) is 12.8 Å². The summed E-state index contributed by atoms with van der Waals surface area (Å²) in [6.45, 7) is 18.5. The average molecular weight is 563 g/mol. The molecule has 0 amide bonds. The molecule has 0 aromatic heterocycles. The van der Waals surface area contributed by atoms with Crippen molar-refractivity contribution in [1.29, 1.82) is 0 Å². The zero-order valence-corrected chi connectivity index (χ0v) is 25.8. The fourth-order valence-electron chi connectivity index (χ4n) is 3.83. The summed E-state index contributed by atoms with van der Waals surface area (Å²) in [4.78, 5) is 0. The molecule has 0 saturated heterocycles. The Morgan fingerprint density at radius 2 is 1.47 bits per heavy atom. The molecule has 0 saturated carbocycles. The number of allylic oxidation sites excluding steroid dienone is 4. The Kier molecular flexibility index (Phi) is 13.3. The van der Waals surface area contributed by atoms with Crippen LogP contribution in [0.3, 0.4) is 0 Å². The number of halogens is 2. The van der Waals surface area contributed by atoms with E-state index in [-0.39, 0.29) is 30.2 Å². The fourth-order valence-corrected chi connectivity index (χ4v) is 6.08. The molecule has 2 aromatic rings.